The van der Waals surface area contributed by atoms with Crippen LogP contribution in [-0.4, -0.2) is 21.0 Å². The Bertz CT molecular complexity index is 1060. The van der Waals surface area contributed by atoms with Crippen molar-refractivity contribution in [2.24, 2.45) is 5.73 Å². The lowest BCUT2D eigenvalue weighted by Crippen LogP contribution is -2.16. The molecule has 4 rings (SSSR count). The number of rotatable bonds is 4. The van der Waals surface area contributed by atoms with Gasteiger partial charge in [-0.25, -0.2) is 9.78 Å². The van der Waals surface area contributed by atoms with E-state index in [-0.39, 0.29) is 0 Å². The number of aromatic amines is 1. The van der Waals surface area contributed by atoms with Crippen LogP contribution in [-0.2, 0) is 0 Å². The number of primary amides is 1. The van der Waals surface area contributed by atoms with Gasteiger partial charge in [0.15, 0.2) is 0 Å². The molecule has 0 unspecified atom stereocenters. The van der Waals surface area contributed by atoms with Gasteiger partial charge in [0.25, 0.3) is 0 Å². The molecular weight excluding hydrogens is 332 g/mol. The van der Waals surface area contributed by atoms with Gasteiger partial charge in [0.2, 0.25) is 0 Å². The van der Waals surface area contributed by atoms with Gasteiger partial charge in [-0.05, 0) is 48.5 Å². The second-order valence-electron chi connectivity index (χ2n) is 5.50. The monoisotopic (exact) mass is 346 g/mol. The Balaban J connectivity index is 1.58. The molecule has 0 bridgehead atoms. The van der Waals surface area contributed by atoms with Crippen LogP contribution in [0.15, 0.2) is 67.0 Å². The van der Waals surface area contributed by atoms with Gasteiger partial charge >= 0.3 is 6.09 Å². The van der Waals surface area contributed by atoms with E-state index in [1.54, 1.807) is 30.6 Å². The summed E-state index contributed by atoms with van der Waals surface area (Å²) in [4.78, 5) is 22.6. The average Bonchev–Trinajstić information content (AvgIpc) is 3.06. The van der Waals surface area contributed by atoms with E-state index in [9.17, 15) is 4.79 Å². The zero-order chi connectivity index (χ0) is 17.9. The van der Waals surface area contributed by atoms with Gasteiger partial charge in [-0.1, -0.05) is 0 Å². The van der Waals surface area contributed by atoms with Crippen LogP contribution in [0.2, 0.25) is 0 Å². The highest BCUT2D eigenvalue weighted by Gasteiger charge is 2.08. The van der Waals surface area contributed by atoms with Crippen LogP contribution in [0.5, 0.6) is 17.2 Å². The molecule has 3 N–H and O–H groups in total. The van der Waals surface area contributed by atoms with Crippen LogP contribution in [0.3, 0.4) is 0 Å². The predicted octanol–water partition coefficient (Wildman–Crippen LogP) is 3.87. The lowest BCUT2D eigenvalue weighted by Gasteiger charge is -2.05. The van der Waals surface area contributed by atoms with E-state index in [1.165, 1.54) is 0 Å². The molecule has 2 heterocycles. The zero-order valence-electron chi connectivity index (χ0n) is 13.5. The Morgan fingerprint density at radius 2 is 1.81 bits per heavy atom. The van der Waals surface area contributed by atoms with Crippen molar-refractivity contribution in [3.8, 4) is 28.6 Å². The van der Waals surface area contributed by atoms with Gasteiger partial charge in [0.05, 0.1) is 17.2 Å². The molecule has 0 spiro atoms. The molecule has 7 nitrogen and oxygen atoms in total. The van der Waals surface area contributed by atoms with Crippen LogP contribution in [0.1, 0.15) is 0 Å². The van der Waals surface area contributed by atoms with Crippen molar-refractivity contribution >= 4 is 17.1 Å². The quantitative estimate of drug-likeness (QED) is 0.584. The molecule has 0 aliphatic heterocycles. The van der Waals surface area contributed by atoms with Gasteiger partial charge in [-0.2, -0.15) is 0 Å². The molecule has 0 aliphatic rings. The molecule has 7 heteroatoms. The van der Waals surface area contributed by atoms with E-state index in [0.29, 0.717) is 23.1 Å². The number of aromatic nitrogens is 3. The molecule has 4 aromatic rings. The minimum Gasteiger partial charge on any atom is -0.456 e. The summed E-state index contributed by atoms with van der Waals surface area (Å²) in [6.07, 6.45) is 2.49. The maximum absolute atomic E-state index is 10.9. The first-order chi connectivity index (χ1) is 12.7. The minimum absolute atomic E-state index is 0.361. The Morgan fingerprint density at radius 3 is 2.54 bits per heavy atom. The summed E-state index contributed by atoms with van der Waals surface area (Å²) >= 11 is 0. The van der Waals surface area contributed by atoms with Crippen molar-refractivity contribution in [2.75, 3.05) is 0 Å². The van der Waals surface area contributed by atoms with Gasteiger partial charge in [-0.3, -0.25) is 4.98 Å². The summed E-state index contributed by atoms with van der Waals surface area (Å²) < 4.78 is 10.6. The third-order valence-corrected chi connectivity index (χ3v) is 3.67. The number of benzene rings is 2. The molecule has 1 amide bonds. The number of imidazole rings is 1. The maximum atomic E-state index is 10.9. The molecule has 2 aromatic carbocycles. The number of hydrogen-bond donors (Lipinski definition) is 2. The van der Waals surface area contributed by atoms with Gasteiger partial charge in [0, 0.05) is 17.8 Å². The molecule has 26 heavy (non-hydrogen) atoms. The van der Waals surface area contributed by atoms with Crippen molar-refractivity contribution in [1.82, 2.24) is 15.0 Å². The molecule has 0 radical (unpaired) electrons. The fourth-order valence-electron chi connectivity index (χ4n) is 2.53. The number of nitrogens with zero attached hydrogens (tertiary/aromatic N) is 2. The number of nitrogens with two attached hydrogens (primary N) is 1. The van der Waals surface area contributed by atoms with Crippen molar-refractivity contribution in [3.05, 3.63) is 67.0 Å². The average molecular weight is 346 g/mol. The van der Waals surface area contributed by atoms with Crippen LogP contribution in [0.25, 0.3) is 22.4 Å². The molecule has 0 saturated heterocycles. The minimum atomic E-state index is -0.853. The number of ether oxygens (including phenoxy) is 2. The molecule has 128 valence electrons. The smallest absolute Gasteiger partial charge is 0.409 e. The van der Waals surface area contributed by atoms with Gasteiger partial charge < -0.3 is 20.2 Å². The fraction of sp³-hybridized carbons (Fsp3) is 0. The standard InChI is InChI=1S/C19H14N4O3/c20-19(24)26-14-7-8-16-17(10-14)23-18(22-16)12-3-5-13(6-4-12)25-15-2-1-9-21-11-15/h1-11H,(H2,20,24)(H,22,23). The number of amides is 1. The topological polar surface area (TPSA) is 103 Å². The number of nitrogens with one attached hydrogen (secondary N) is 1. The maximum Gasteiger partial charge on any atom is 0.409 e. The number of carbonyl (C=O) groups excluding carboxylic acids is 1. The normalized spacial score (nSPS) is 10.6. The van der Waals surface area contributed by atoms with Crippen LogP contribution >= 0.6 is 0 Å². The second-order valence-corrected chi connectivity index (χ2v) is 5.50. The summed E-state index contributed by atoms with van der Waals surface area (Å²) in [7, 11) is 0. The lowest BCUT2D eigenvalue weighted by atomic mass is 10.2. The third kappa shape index (κ3) is 3.32. The Morgan fingerprint density at radius 1 is 1.00 bits per heavy atom. The van der Waals surface area contributed by atoms with Gasteiger partial charge in [0.1, 0.15) is 23.1 Å². The second kappa shape index (κ2) is 6.56. The summed E-state index contributed by atoms with van der Waals surface area (Å²) in [5.41, 5.74) is 7.43. The number of hydrogen-bond acceptors (Lipinski definition) is 5. The highest BCUT2D eigenvalue weighted by Crippen LogP contribution is 2.27. The van der Waals surface area contributed by atoms with Crippen LogP contribution in [0, 0.1) is 0 Å². The Labute approximate surface area is 148 Å². The molecule has 0 aliphatic carbocycles. The Hall–Kier alpha value is -3.87. The first-order valence-electron chi connectivity index (χ1n) is 7.83. The Kier molecular flexibility index (Phi) is 3.95. The number of H-pyrrole nitrogens is 1. The van der Waals surface area contributed by atoms with E-state index in [1.807, 2.05) is 36.4 Å². The third-order valence-electron chi connectivity index (χ3n) is 3.67. The molecule has 0 saturated carbocycles. The van der Waals surface area contributed by atoms with E-state index >= 15 is 0 Å². The summed E-state index contributed by atoms with van der Waals surface area (Å²) in [5.74, 6) is 2.44. The highest BCUT2D eigenvalue weighted by molar-refractivity contribution is 5.81. The van der Waals surface area contributed by atoms with E-state index < -0.39 is 6.09 Å². The molecule has 0 atom stereocenters. The van der Waals surface area contributed by atoms with E-state index in [2.05, 4.69) is 15.0 Å². The van der Waals surface area contributed by atoms with E-state index in [4.69, 9.17) is 15.2 Å². The van der Waals surface area contributed by atoms with Crippen molar-refractivity contribution in [1.29, 1.82) is 0 Å². The summed E-state index contributed by atoms with van der Waals surface area (Å²) in [5, 5.41) is 0. The first-order valence-corrected chi connectivity index (χ1v) is 7.83. The van der Waals surface area contributed by atoms with Crippen LogP contribution in [0.4, 0.5) is 4.79 Å². The van der Waals surface area contributed by atoms with Crippen molar-refractivity contribution in [2.45, 2.75) is 0 Å². The molecular formula is C19H14N4O3. The molecule has 2 aromatic heterocycles. The largest absolute Gasteiger partial charge is 0.456 e. The van der Waals surface area contributed by atoms with Crippen molar-refractivity contribution in [3.63, 3.8) is 0 Å². The first kappa shape index (κ1) is 15.6. The molecule has 0 fully saturated rings. The predicted molar refractivity (Wildman–Crippen MR) is 96.1 cm³/mol. The van der Waals surface area contributed by atoms with E-state index in [0.717, 1.165) is 16.6 Å². The number of fused-ring (bicyclic) bond motifs is 1. The van der Waals surface area contributed by atoms with Crippen LogP contribution < -0.4 is 15.2 Å². The SMILES string of the molecule is NC(=O)Oc1ccc2nc(-c3ccc(Oc4cccnc4)cc3)[nH]c2c1. The number of carbonyl (C=O) groups is 1. The number of pyridine rings is 1. The summed E-state index contributed by atoms with van der Waals surface area (Å²) in [6, 6.07) is 16.3. The van der Waals surface area contributed by atoms with Gasteiger partial charge in [-0.15, -0.1) is 0 Å². The fourth-order valence-corrected chi connectivity index (χ4v) is 2.53. The van der Waals surface area contributed by atoms with Crippen molar-refractivity contribution < 1.29 is 14.3 Å². The zero-order valence-corrected chi connectivity index (χ0v) is 13.5. The highest BCUT2D eigenvalue weighted by atomic mass is 16.5. The lowest BCUT2D eigenvalue weighted by molar-refractivity contribution is 0.211. The summed E-state index contributed by atoms with van der Waals surface area (Å²) in [6.45, 7) is 0.